The molecule has 1 saturated carbocycles. The predicted octanol–water partition coefficient (Wildman–Crippen LogP) is 3.76. The van der Waals surface area contributed by atoms with Crippen molar-refractivity contribution in [2.75, 3.05) is 0 Å². The maximum absolute atomic E-state index is 4.62. The lowest BCUT2D eigenvalue weighted by Gasteiger charge is -2.10. The van der Waals surface area contributed by atoms with Crippen molar-refractivity contribution in [1.29, 1.82) is 0 Å². The van der Waals surface area contributed by atoms with E-state index < -0.39 is 0 Å². The fourth-order valence-corrected chi connectivity index (χ4v) is 4.03. The van der Waals surface area contributed by atoms with Gasteiger partial charge in [0, 0.05) is 5.92 Å². The monoisotopic (exact) mass is 329 g/mol. The Kier molecular flexibility index (Phi) is 3.46. The summed E-state index contributed by atoms with van der Waals surface area (Å²) < 4.78 is 7.47. The molecule has 1 aliphatic carbocycles. The van der Waals surface area contributed by atoms with Gasteiger partial charge in [-0.05, 0) is 61.6 Å². The fourth-order valence-electron chi connectivity index (χ4n) is 2.35. The second kappa shape index (κ2) is 5.48. The van der Waals surface area contributed by atoms with E-state index in [1.807, 2.05) is 19.1 Å². The minimum Gasteiger partial charge on any atom is -0.274 e. The molecule has 0 amide bonds. The van der Waals surface area contributed by atoms with E-state index in [1.54, 1.807) is 0 Å². The number of nitrogens with zero attached hydrogens (tertiary/aromatic N) is 5. The molecule has 0 saturated heterocycles. The lowest BCUT2D eigenvalue weighted by atomic mass is 10.2. The Morgan fingerprint density at radius 1 is 1.18 bits per heavy atom. The van der Waals surface area contributed by atoms with Gasteiger partial charge < -0.3 is 0 Å². The van der Waals surface area contributed by atoms with E-state index in [9.17, 15) is 0 Å². The average molecular weight is 329 g/mol. The van der Waals surface area contributed by atoms with Crippen LogP contribution in [0.5, 0.6) is 0 Å². The smallest absolute Gasteiger partial charge is 0.202 e. The van der Waals surface area contributed by atoms with Gasteiger partial charge in [0.25, 0.3) is 0 Å². The zero-order chi connectivity index (χ0) is 15.1. The highest BCUT2D eigenvalue weighted by Crippen LogP contribution is 2.40. The Bertz CT molecular complexity index is 819. The molecule has 4 rings (SSSR count). The van der Waals surface area contributed by atoms with Gasteiger partial charge in [0.15, 0.2) is 4.34 Å². The lowest BCUT2D eigenvalue weighted by Crippen LogP contribution is -2.01. The van der Waals surface area contributed by atoms with Crippen LogP contribution in [0, 0.1) is 13.8 Å². The molecule has 0 radical (unpaired) electrons. The number of hydrogen-bond donors (Lipinski definition) is 0. The minimum atomic E-state index is 0.585. The summed E-state index contributed by atoms with van der Waals surface area (Å²) in [6.07, 6.45) is 2.44. The largest absolute Gasteiger partial charge is 0.274 e. The molecule has 1 aromatic carbocycles. The third-order valence-corrected chi connectivity index (χ3v) is 5.41. The van der Waals surface area contributed by atoms with Crippen LogP contribution in [0.4, 0.5) is 0 Å². The van der Waals surface area contributed by atoms with Crippen LogP contribution in [0.3, 0.4) is 0 Å². The zero-order valence-electron chi connectivity index (χ0n) is 12.4. The quantitative estimate of drug-likeness (QED) is 0.729. The van der Waals surface area contributed by atoms with E-state index in [4.69, 9.17) is 0 Å². The Morgan fingerprint density at radius 3 is 2.77 bits per heavy atom. The van der Waals surface area contributed by atoms with Crippen molar-refractivity contribution >= 4 is 23.3 Å². The van der Waals surface area contributed by atoms with Crippen LogP contribution in [-0.4, -0.2) is 24.1 Å². The Balaban J connectivity index is 1.68. The van der Waals surface area contributed by atoms with Gasteiger partial charge in [-0.25, -0.2) is 4.98 Å². The van der Waals surface area contributed by atoms with Gasteiger partial charge in [0.1, 0.15) is 11.6 Å². The molecule has 0 bridgehead atoms. The van der Waals surface area contributed by atoms with Gasteiger partial charge in [-0.1, -0.05) is 18.2 Å². The lowest BCUT2D eigenvalue weighted by molar-refractivity contribution is 0.860. The van der Waals surface area contributed by atoms with Crippen molar-refractivity contribution in [2.45, 2.75) is 42.1 Å². The number of aromatic nitrogens is 5. The first-order chi connectivity index (χ1) is 10.7. The van der Waals surface area contributed by atoms with Gasteiger partial charge in [-0.3, -0.25) is 4.57 Å². The van der Waals surface area contributed by atoms with Crippen LogP contribution in [0.2, 0.25) is 0 Å². The summed E-state index contributed by atoms with van der Waals surface area (Å²) in [4.78, 5) is 4.62. The van der Waals surface area contributed by atoms with E-state index in [1.165, 1.54) is 41.7 Å². The molecule has 2 aromatic heterocycles. The molecule has 7 heteroatoms. The number of para-hydroxylation sites is 1. The van der Waals surface area contributed by atoms with Crippen molar-refractivity contribution in [3.8, 4) is 5.69 Å². The molecule has 0 unspecified atom stereocenters. The van der Waals surface area contributed by atoms with E-state index >= 15 is 0 Å². The summed E-state index contributed by atoms with van der Waals surface area (Å²) in [6, 6.07) is 8.26. The van der Waals surface area contributed by atoms with Crippen molar-refractivity contribution in [1.82, 2.24) is 24.1 Å². The Labute approximate surface area is 137 Å². The maximum Gasteiger partial charge on any atom is 0.202 e. The molecule has 0 atom stereocenters. The highest BCUT2D eigenvalue weighted by atomic mass is 32.2. The summed E-state index contributed by atoms with van der Waals surface area (Å²) in [6.45, 7) is 4.07. The third kappa shape index (κ3) is 2.55. The van der Waals surface area contributed by atoms with Crippen molar-refractivity contribution in [2.24, 2.45) is 0 Å². The molecule has 0 aliphatic heterocycles. The Morgan fingerprint density at radius 2 is 2.00 bits per heavy atom. The summed E-state index contributed by atoms with van der Waals surface area (Å²) in [5, 5.41) is 9.38. The standard InChI is InChI=1S/C15H15N5S2/c1-9-5-3-4-6-12(9)20-10(2)17-18-14(20)21-15-16-13(19-22-15)11-7-8-11/h3-6,11H,7-8H2,1-2H3. The van der Waals surface area contributed by atoms with Crippen LogP contribution < -0.4 is 0 Å². The third-order valence-electron chi connectivity index (χ3n) is 3.70. The summed E-state index contributed by atoms with van der Waals surface area (Å²) in [5.74, 6) is 2.46. The average Bonchev–Trinajstić information content (AvgIpc) is 3.16. The molecule has 112 valence electrons. The molecule has 1 fully saturated rings. The topological polar surface area (TPSA) is 56.5 Å². The highest BCUT2D eigenvalue weighted by Gasteiger charge is 2.28. The van der Waals surface area contributed by atoms with Gasteiger partial charge in [-0.2, -0.15) is 4.37 Å². The van der Waals surface area contributed by atoms with Gasteiger partial charge >= 0.3 is 0 Å². The molecule has 0 N–H and O–H groups in total. The van der Waals surface area contributed by atoms with Crippen LogP contribution >= 0.6 is 23.3 Å². The van der Waals surface area contributed by atoms with Gasteiger partial charge in [0.05, 0.1) is 5.69 Å². The molecule has 3 aromatic rings. The summed E-state index contributed by atoms with van der Waals surface area (Å²) in [7, 11) is 0. The van der Waals surface area contributed by atoms with Gasteiger partial charge in [0.2, 0.25) is 5.16 Å². The van der Waals surface area contributed by atoms with Crippen molar-refractivity contribution in [3.63, 3.8) is 0 Å². The molecular formula is C15H15N5S2. The van der Waals surface area contributed by atoms with Crippen LogP contribution in [0.1, 0.15) is 36.0 Å². The first-order valence-electron chi connectivity index (χ1n) is 7.22. The minimum absolute atomic E-state index is 0.585. The van der Waals surface area contributed by atoms with E-state index in [-0.39, 0.29) is 0 Å². The van der Waals surface area contributed by atoms with Crippen LogP contribution in [0.25, 0.3) is 5.69 Å². The van der Waals surface area contributed by atoms with E-state index in [2.05, 4.69) is 43.2 Å². The number of aryl methyl sites for hydroxylation is 2. The second-order valence-corrected chi connectivity index (χ2v) is 7.41. The molecule has 0 spiro atoms. The zero-order valence-corrected chi connectivity index (χ0v) is 14.0. The molecule has 22 heavy (non-hydrogen) atoms. The normalized spacial score (nSPS) is 14.5. The van der Waals surface area contributed by atoms with E-state index in [0.29, 0.717) is 5.92 Å². The number of benzene rings is 1. The fraction of sp³-hybridized carbons (Fsp3) is 0.333. The first-order valence-corrected chi connectivity index (χ1v) is 8.81. The summed E-state index contributed by atoms with van der Waals surface area (Å²) >= 11 is 2.99. The van der Waals surface area contributed by atoms with E-state index in [0.717, 1.165) is 26.8 Å². The van der Waals surface area contributed by atoms with Crippen LogP contribution in [0.15, 0.2) is 33.8 Å². The van der Waals surface area contributed by atoms with Crippen molar-refractivity contribution < 1.29 is 0 Å². The highest BCUT2D eigenvalue weighted by molar-refractivity contribution is 8.00. The number of hydrogen-bond acceptors (Lipinski definition) is 6. The van der Waals surface area contributed by atoms with Crippen LogP contribution in [-0.2, 0) is 0 Å². The first kappa shape index (κ1) is 13.9. The molecule has 1 aliphatic rings. The van der Waals surface area contributed by atoms with Crippen molar-refractivity contribution in [3.05, 3.63) is 41.5 Å². The summed E-state index contributed by atoms with van der Waals surface area (Å²) in [5.41, 5.74) is 2.31. The SMILES string of the molecule is Cc1ccccc1-n1c(C)nnc1Sc1nc(C2CC2)ns1. The maximum atomic E-state index is 4.62. The molecule has 5 nitrogen and oxygen atoms in total. The predicted molar refractivity (Wildman–Crippen MR) is 86.8 cm³/mol. The Hall–Kier alpha value is -1.73. The molecular weight excluding hydrogens is 314 g/mol. The molecule has 2 heterocycles. The number of rotatable bonds is 4. The van der Waals surface area contributed by atoms with Gasteiger partial charge in [-0.15, -0.1) is 10.2 Å². The second-order valence-electron chi connectivity index (χ2n) is 5.45.